The SMILES string of the molecule is CCCCc1cc2cc(C(=O)O[C@@H]3CCCN(C(=O)OC(C)(C)C)C3)ccn2c1C(=O)c1ccc(O[C@@H]2CCCN(C(=O)OC(C)(C)C)C2)cc1. The average molecular weight is 704 g/mol. The number of ketones is 1. The molecule has 0 aliphatic carbocycles. The number of pyridine rings is 1. The van der Waals surface area contributed by atoms with Crippen molar-refractivity contribution in [1.82, 2.24) is 14.2 Å². The van der Waals surface area contributed by atoms with Gasteiger partial charge in [-0.15, -0.1) is 0 Å². The number of carbonyl (C=O) groups excluding carboxylic acids is 4. The van der Waals surface area contributed by atoms with Crippen LogP contribution in [0.25, 0.3) is 5.52 Å². The average Bonchev–Trinajstić information content (AvgIpc) is 3.43. The van der Waals surface area contributed by atoms with Crippen molar-refractivity contribution in [3.8, 4) is 5.75 Å². The number of unbranched alkanes of at least 4 members (excludes halogenated alkanes) is 1. The van der Waals surface area contributed by atoms with Crippen LogP contribution < -0.4 is 4.74 Å². The Bertz CT molecular complexity index is 1720. The summed E-state index contributed by atoms with van der Waals surface area (Å²) in [6.07, 6.45) is 6.00. The first-order valence-electron chi connectivity index (χ1n) is 18.2. The quantitative estimate of drug-likeness (QED) is 0.126. The number of likely N-dealkylation sites (tertiary alicyclic amines) is 2. The summed E-state index contributed by atoms with van der Waals surface area (Å²) in [6, 6.07) is 12.5. The Morgan fingerprint density at radius 2 is 1.35 bits per heavy atom. The van der Waals surface area contributed by atoms with Crippen molar-refractivity contribution in [2.24, 2.45) is 0 Å². The Balaban J connectivity index is 1.27. The lowest BCUT2D eigenvalue weighted by Crippen LogP contribution is -2.46. The van der Waals surface area contributed by atoms with Crippen LogP contribution >= 0.6 is 0 Å². The van der Waals surface area contributed by atoms with E-state index in [0.717, 1.165) is 43.2 Å². The molecule has 2 atom stereocenters. The van der Waals surface area contributed by atoms with Crippen molar-refractivity contribution in [1.29, 1.82) is 0 Å². The molecule has 0 radical (unpaired) electrons. The van der Waals surface area contributed by atoms with Gasteiger partial charge < -0.3 is 33.1 Å². The molecular weight excluding hydrogens is 650 g/mol. The molecule has 2 saturated heterocycles. The van der Waals surface area contributed by atoms with Gasteiger partial charge in [-0.05, 0) is 128 Å². The smallest absolute Gasteiger partial charge is 0.410 e. The van der Waals surface area contributed by atoms with Crippen LogP contribution in [0.3, 0.4) is 0 Å². The normalized spacial score (nSPS) is 18.3. The highest BCUT2D eigenvalue weighted by Crippen LogP contribution is 2.27. The second-order valence-corrected chi connectivity index (χ2v) is 15.6. The van der Waals surface area contributed by atoms with Crippen molar-refractivity contribution in [2.75, 3.05) is 26.2 Å². The lowest BCUT2D eigenvalue weighted by Gasteiger charge is -2.34. The van der Waals surface area contributed by atoms with Gasteiger partial charge in [0.2, 0.25) is 5.78 Å². The van der Waals surface area contributed by atoms with Gasteiger partial charge >= 0.3 is 18.2 Å². The molecule has 2 aliphatic heterocycles. The summed E-state index contributed by atoms with van der Waals surface area (Å²) in [5, 5.41) is 0. The van der Waals surface area contributed by atoms with E-state index < -0.39 is 29.4 Å². The zero-order chi connectivity index (χ0) is 36.9. The van der Waals surface area contributed by atoms with Crippen LogP contribution in [-0.4, -0.2) is 87.7 Å². The summed E-state index contributed by atoms with van der Waals surface area (Å²) in [6.45, 7) is 15.0. The van der Waals surface area contributed by atoms with Gasteiger partial charge in [0, 0.05) is 30.4 Å². The molecule has 0 N–H and O–H groups in total. The Labute approximate surface area is 301 Å². The molecule has 276 valence electrons. The van der Waals surface area contributed by atoms with E-state index in [4.69, 9.17) is 18.9 Å². The molecule has 2 amide bonds. The highest BCUT2D eigenvalue weighted by Gasteiger charge is 2.31. The molecule has 1 aromatic carbocycles. The zero-order valence-corrected chi connectivity index (χ0v) is 31.2. The number of carbonyl (C=O) groups is 4. The number of aromatic nitrogens is 1. The van der Waals surface area contributed by atoms with Gasteiger partial charge in [0.1, 0.15) is 29.2 Å². The molecule has 2 aliphatic rings. The molecule has 51 heavy (non-hydrogen) atoms. The topological polar surface area (TPSA) is 116 Å². The van der Waals surface area contributed by atoms with E-state index in [0.29, 0.717) is 55.0 Å². The lowest BCUT2D eigenvalue weighted by atomic mass is 10.0. The van der Waals surface area contributed by atoms with Crippen LogP contribution in [-0.2, 0) is 20.6 Å². The van der Waals surface area contributed by atoms with E-state index in [1.807, 2.05) is 52.0 Å². The summed E-state index contributed by atoms with van der Waals surface area (Å²) < 4.78 is 25.0. The summed E-state index contributed by atoms with van der Waals surface area (Å²) in [5.41, 5.74) is 1.94. The molecule has 2 fully saturated rings. The first-order chi connectivity index (χ1) is 24.1. The molecule has 0 saturated carbocycles. The van der Waals surface area contributed by atoms with Gasteiger partial charge in [-0.3, -0.25) is 4.79 Å². The number of amides is 2. The highest BCUT2D eigenvalue weighted by molar-refractivity contribution is 6.10. The summed E-state index contributed by atoms with van der Waals surface area (Å²) >= 11 is 0. The van der Waals surface area contributed by atoms with Crippen LogP contribution in [0.5, 0.6) is 5.75 Å². The summed E-state index contributed by atoms with van der Waals surface area (Å²) in [4.78, 5) is 55.8. The van der Waals surface area contributed by atoms with Gasteiger partial charge in [-0.2, -0.15) is 0 Å². The third-order valence-electron chi connectivity index (χ3n) is 8.86. The van der Waals surface area contributed by atoms with Crippen molar-refractivity contribution >= 4 is 29.5 Å². The number of nitrogens with zero attached hydrogens (tertiary/aromatic N) is 3. The minimum absolute atomic E-state index is 0.124. The Morgan fingerprint density at radius 1 is 0.765 bits per heavy atom. The predicted octanol–water partition coefficient (Wildman–Crippen LogP) is 7.85. The largest absolute Gasteiger partial charge is 0.489 e. The van der Waals surface area contributed by atoms with E-state index in [2.05, 4.69) is 6.92 Å². The maximum atomic E-state index is 14.0. The summed E-state index contributed by atoms with van der Waals surface area (Å²) in [5.74, 6) is 0.0332. The lowest BCUT2D eigenvalue weighted by molar-refractivity contribution is -0.0115. The number of ether oxygens (including phenoxy) is 4. The molecule has 0 bridgehead atoms. The Hall–Kier alpha value is -4.54. The number of hydrogen-bond donors (Lipinski definition) is 0. The maximum absolute atomic E-state index is 14.0. The third-order valence-corrected chi connectivity index (χ3v) is 8.86. The van der Waals surface area contributed by atoms with Crippen molar-refractivity contribution < 1.29 is 38.1 Å². The molecule has 0 spiro atoms. The van der Waals surface area contributed by atoms with Crippen LogP contribution in [0.2, 0.25) is 0 Å². The van der Waals surface area contributed by atoms with Crippen LogP contribution in [0, 0.1) is 0 Å². The fourth-order valence-electron chi connectivity index (χ4n) is 6.46. The molecule has 11 heteroatoms. The number of rotatable bonds is 9. The summed E-state index contributed by atoms with van der Waals surface area (Å²) in [7, 11) is 0. The molecule has 4 heterocycles. The molecule has 11 nitrogen and oxygen atoms in total. The minimum Gasteiger partial charge on any atom is -0.489 e. The minimum atomic E-state index is -0.606. The van der Waals surface area contributed by atoms with E-state index >= 15 is 0 Å². The van der Waals surface area contributed by atoms with Crippen LogP contribution in [0.15, 0.2) is 48.7 Å². The predicted molar refractivity (Wildman–Crippen MR) is 194 cm³/mol. The van der Waals surface area contributed by atoms with Crippen molar-refractivity contribution in [2.45, 2.75) is 117 Å². The highest BCUT2D eigenvalue weighted by atomic mass is 16.6. The van der Waals surface area contributed by atoms with E-state index in [-0.39, 0.29) is 24.5 Å². The van der Waals surface area contributed by atoms with E-state index in [1.165, 1.54) is 0 Å². The number of piperidine rings is 2. The molecule has 5 rings (SSSR count). The second kappa shape index (κ2) is 15.8. The second-order valence-electron chi connectivity index (χ2n) is 15.6. The molecule has 2 aromatic heterocycles. The molecule has 3 aromatic rings. The first-order valence-corrected chi connectivity index (χ1v) is 18.2. The number of benzene rings is 1. The Morgan fingerprint density at radius 3 is 1.94 bits per heavy atom. The third kappa shape index (κ3) is 10.0. The van der Waals surface area contributed by atoms with Crippen LogP contribution in [0.1, 0.15) is 119 Å². The number of hydrogen-bond acceptors (Lipinski definition) is 8. The van der Waals surface area contributed by atoms with Crippen LogP contribution in [0.4, 0.5) is 9.59 Å². The van der Waals surface area contributed by atoms with E-state index in [9.17, 15) is 19.2 Å². The van der Waals surface area contributed by atoms with Gasteiger partial charge in [0.25, 0.3) is 0 Å². The number of fused-ring (bicyclic) bond motifs is 1. The monoisotopic (exact) mass is 703 g/mol. The molecular formula is C40H53N3O8. The maximum Gasteiger partial charge on any atom is 0.410 e. The molecule has 0 unspecified atom stereocenters. The van der Waals surface area contributed by atoms with Crippen molar-refractivity contribution in [3.05, 3.63) is 71.0 Å². The first kappa shape index (κ1) is 37.7. The standard InChI is InChI=1S/C40H53N3O8/c1-8-9-12-28-23-30-24-29(36(45)49-33-14-11-21-42(26-33)38(47)51-40(5,6)7)19-22-43(30)34(28)35(44)27-15-17-31(18-16-27)48-32-13-10-20-41(25-32)37(46)50-39(2,3)4/h15-19,22-24,32-33H,8-14,20-21,25-26H2,1-7H3/t32-,33-/m1/s1. The number of aryl methyl sites for hydroxylation is 1. The van der Waals surface area contributed by atoms with Crippen molar-refractivity contribution in [3.63, 3.8) is 0 Å². The number of esters is 1. The zero-order valence-electron chi connectivity index (χ0n) is 31.2. The van der Waals surface area contributed by atoms with E-state index in [1.54, 1.807) is 52.4 Å². The Kier molecular flexibility index (Phi) is 11.7. The van der Waals surface area contributed by atoms with Gasteiger partial charge in [-0.1, -0.05) is 13.3 Å². The van der Waals surface area contributed by atoms with Gasteiger partial charge in [0.15, 0.2) is 0 Å². The fourth-order valence-corrected chi connectivity index (χ4v) is 6.46. The fraction of sp³-hybridized carbons (Fsp3) is 0.550. The van der Waals surface area contributed by atoms with Gasteiger partial charge in [-0.25, -0.2) is 14.4 Å². The van der Waals surface area contributed by atoms with Gasteiger partial charge in [0.05, 0.1) is 24.3 Å².